The predicted octanol–water partition coefficient (Wildman–Crippen LogP) is 4.64. The van der Waals surface area contributed by atoms with Gasteiger partial charge in [0.1, 0.15) is 11.6 Å². The number of carbonyl (C=O) groups is 1. The highest BCUT2D eigenvalue weighted by molar-refractivity contribution is 7.16. The van der Waals surface area contributed by atoms with E-state index in [2.05, 4.69) is 46.4 Å². The van der Waals surface area contributed by atoms with Crippen LogP contribution in [0.3, 0.4) is 0 Å². The van der Waals surface area contributed by atoms with Crippen LogP contribution in [-0.4, -0.2) is 21.0 Å². The molecule has 0 saturated carbocycles. The third-order valence-corrected chi connectivity index (χ3v) is 4.18. The number of aromatic nitrogens is 3. The monoisotopic (exact) mass is 369 g/mol. The average Bonchev–Trinajstić information content (AvgIpc) is 3.22. The zero-order chi connectivity index (χ0) is 18.6. The van der Waals surface area contributed by atoms with E-state index in [1.807, 2.05) is 6.08 Å². The van der Waals surface area contributed by atoms with Gasteiger partial charge in [-0.1, -0.05) is 38.2 Å². The fourth-order valence-corrected chi connectivity index (χ4v) is 2.68. The molecule has 3 aromatic heterocycles. The average molecular weight is 369 g/mol. The highest BCUT2D eigenvalue weighted by Gasteiger charge is 2.18. The van der Waals surface area contributed by atoms with Gasteiger partial charge in [-0.3, -0.25) is 10.6 Å². The van der Waals surface area contributed by atoms with Gasteiger partial charge in [-0.25, -0.2) is 19.7 Å². The van der Waals surface area contributed by atoms with Crippen LogP contribution in [0.2, 0.25) is 0 Å². The quantitative estimate of drug-likeness (QED) is 0.699. The lowest BCUT2D eigenvalue weighted by Crippen LogP contribution is -2.19. The number of nitrogens with one attached hydrogen (secondary N) is 2. The molecule has 0 radical (unpaired) electrons. The lowest BCUT2D eigenvalue weighted by atomic mass is 9.94. The summed E-state index contributed by atoms with van der Waals surface area (Å²) < 4.78 is 5.71. The first kappa shape index (κ1) is 17.8. The number of anilines is 2. The highest BCUT2D eigenvalue weighted by Crippen LogP contribution is 2.24. The Morgan fingerprint density at radius 1 is 1.12 bits per heavy atom. The van der Waals surface area contributed by atoms with E-state index in [9.17, 15) is 4.79 Å². The molecule has 2 N–H and O–H groups in total. The smallest absolute Gasteiger partial charge is 0.326 e. The van der Waals surface area contributed by atoms with Gasteiger partial charge in [-0.2, -0.15) is 0 Å². The maximum Gasteiger partial charge on any atom is 0.326 e. The molecule has 0 bridgehead atoms. The van der Waals surface area contributed by atoms with Crippen molar-refractivity contribution in [2.24, 2.45) is 0 Å². The number of carbonyl (C=O) groups excluding carboxylic acids is 1. The van der Waals surface area contributed by atoms with Crippen molar-refractivity contribution in [1.29, 1.82) is 0 Å². The van der Waals surface area contributed by atoms with Crippen LogP contribution >= 0.6 is 11.3 Å². The second-order valence-corrected chi connectivity index (χ2v) is 7.57. The molecule has 3 rings (SSSR count). The Kier molecular flexibility index (Phi) is 5.13. The van der Waals surface area contributed by atoms with Crippen molar-refractivity contribution in [3.05, 3.63) is 53.3 Å². The Hall–Kier alpha value is -3.00. The molecule has 0 aromatic carbocycles. The van der Waals surface area contributed by atoms with Crippen LogP contribution in [0.1, 0.15) is 37.3 Å². The van der Waals surface area contributed by atoms with Gasteiger partial charge in [0.15, 0.2) is 5.13 Å². The minimum atomic E-state index is -0.393. The summed E-state index contributed by atoms with van der Waals surface area (Å²) in [7, 11) is 0. The van der Waals surface area contributed by atoms with E-state index < -0.39 is 6.03 Å². The molecule has 0 aliphatic rings. The molecule has 3 heterocycles. The first-order chi connectivity index (χ1) is 12.4. The second-order valence-electron chi connectivity index (χ2n) is 6.51. The summed E-state index contributed by atoms with van der Waals surface area (Å²) >= 11 is 1.34. The molecular weight excluding hydrogens is 350 g/mol. The van der Waals surface area contributed by atoms with Gasteiger partial charge >= 0.3 is 6.03 Å². The molecule has 134 valence electrons. The molecule has 0 saturated heterocycles. The van der Waals surface area contributed by atoms with Crippen LogP contribution in [0.15, 0.2) is 41.2 Å². The molecular formula is C18H19N5O2S. The Bertz CT molecular complexity index is 909. The molecule has 0 aliphatic carbocycles. The Morgan fingerprint density at radius 3 is 2.65 bits per heavy atom. The van der Waals surface area contributed by atoms with E-state index in [1.54, 1.807) is 42.9 Å². The molecule has 0 aliphatic heterocycles. The molecule has 7 nitrogen and oxygen atoms in total. The van der Waals surface area contributed by atoms with E-state index in [0.29, 0.717) is 16.8 Å². The van der Waals surface area contributed by atoms with Gasteiger partial charge in [0.25, 0.3) is 0 Å². The number of hydrogen-bond acceptors (Lipinski definition) is 6. The molecule has 8 heteroatoms. The number of urea groups is 1. The summed E-state index contributed by atoms with van der Waals surface area (Å²) in [5, 5.41) is 5.80. The first-order valence-corrected chi connectivity index (χ1v) is 8.81. The van der Waals surface area contributed by atoms with Gasteiger partial charge in [0.05, 0.1) is 6.20 Å². The van der Waals surface area contributed by atoms with E-state index in [-0.39, 0.29) is 5.41 Å². The maximum absolute atomic E-state index is 11.9. The number of pyridine rings is 1. The summed E-state index contributed by atoms with van der Waals surface area (Å²) in [4.78, 5) is 25.3. The number of thiazole rings is 1. The molecule has 0 fully saturated rings. The molecule has 3 aromatic rings. The van der Waals surface area contributed by atoms with Crippen molar-refractivity contribution in [2.45, 2.75) is 26.2 Å². The molecule has 0 spiro atoms. The zero-order valence-corrected chi connectivity index (χ0v) is 15.5. The van der Waals surface area contributed by atoms with Crippen LogP contribution < -0.4 is 10.6 Å². The molecule has 26 heavy (non-hydrogen) atoms. The second kappa shape index (κ2) is 7.49. The van der Waals surface area contributed by atoms with Crippen molar-refractivity contribution in [3.63, 3.8) is 0 Å². The normalized spacial score (nSPS) is 11.7. The Morgan fingerprint density at radius 2 is 1.96 bits per heavy atom. The molecule has 0 unspecified atom stereocenters. The van der Waals surface area contributed by atoms with Crippen molar-refractivity contribution in [3.8, 4) is 0 Å². The summed E-state index contributed by atoms with van der Waals surface area (Å²) in [6, 6.07) is 4.89. The maximum atomic E-state index is 11.9. The first-order valence-electron chi connectivity index (χ1n) is 7.99. The summed E-state index contributed by atoms with van der Waals surface area (Å²) in [5.41, 5.74) is -0.0817. The van der Waals surface area contributed by atoms with Crippen molar-refractivity contribution in [2.75, 3.05) is 10.6 Å². The lowest BCUT2D eigenvalue weighted by molar-refractivity contribution is 0.262. The van der Waals surface area contributed by atoms with Crippen LogP contribution in [0, 0.1) is 0 Å². The zero-order valence-electron chi connectivity index (χ0n) is 14.7. The van der Waals surface area contributed by atoms with Crippen molar-refractivity contribution >= 4 is 40.5 Å². The Labute approximate surface area is 155 Å². The SMILES string of the molecule is CC(C)(C)c1cnc(/C=C/c2cnc(NC(=O)Nc3ccccn3)s2)o1. The van der Waals surface area contributed by atoms with Crippen LogP contribution in [0.5, 0.6) is 0 Å². The van der Waals surface area contributed by atoms with Gasteiger partial charge in [0, 0.05) is 28.8 Å². The van der Waals surface area contributed by atoms with E-state index in [1.165, 1.54) is 11.3 Å². The van der Waals surface area contributed by atoms with Gasteiger partial charge in [0.2, 0.25) is 5.89 Å². The topological polar surface area (TPSA) is 92.9 Å². The molecule has 2 amide bonds. The highest BCUT2D eigenvalue weighted by atomic mass is 32.1. The number of nitrogens with zero attached hydrogens (tertiary/aromatic N) is 3. The number of hydrogen-bond donors (Lipinski definition) is 2. The summed E-state index contributed by atoms with van der Waals surface area (Å²) in [6.45, 7) is 6.20. The van der Waals surface area contributed by atoms with Crippen molar-refractivity contribution in [1.82, 2.24) is 15.0 Å². The number of amides is 2. The molecule has 0 atom stereocenters. The van der Waals surface area contributed by atoms with Crippen LogP contribution in [0.25, 0.3) is 12.2 Å². The van der Waals surface area contributed by atoms with E-state index in [4.69, 9.17) is 4.42 Å². The van der Waals surface area contributed by atoms with Gasteiger partial charge in [-0.15, -0.1) is 0 Å². The summed E-state index contributed by atoms with van der Waals surface area (Å²) in [5.74, 6) is 1.83. The minimum Gasteiger partial charge on any atom is -0.441 e. The van der Waals surface area contributed by atoms with Crippen LogP contribution in [0.4, 0.5) is 15.7 Å². The minimum absolute atomic E-state index is 0.0817. The van der Waals surface area contributed by atoms with E-state index in [0.717, 1.165) is 10.6 Å². The number of oxazole rings is 1. The fraction of sp³-hybridized carbons (Fsp3) is 0.222. The third-order valence-electron chi connectivity index (χ3n) is 3.30. The fourth-order valence-electron chi connectivity index (χ4n) is 1.97. The standard InChI is InChI=1S/C18H19N5O2S/c1-18(2,3)13-11-20-15(25-13)8-7-12-10-21-17(26-12)23-16(24)22-14-6-4-5-9-19-14/h4-11H,1-3H3,(H2,19,21,22,23,24)/b8-7+. The number of rotatable bonds is 4. The predicted molar refractivity (Wildman–Crippen MR) is 103 cm³/mol. The van der Waals surface area contributed by atoms with Gasteiger partial charge in [-0.05, 0) is 18.2 Å². The third kappa shape index (κ3) is 4.76. The Balaban J connectivity index is 1.59. The lowest BCUT2D eigenvalue weighted by Gasteiger charge is -2.12. The summed E-state index contributed by atoms with van der Waals surface area (Å²) in [6.07, 6.45) is 8.64. The van der Waals surface area contributed by atoms with E-state index >= 15 is 0 Å². The van der Waals surface area contributed by atoms with Crippen molar-refractivity contribution < 1.29 is 9.21 Å². The largest absolute Gasteiger partial charge is 0.441 e. The van der Waals surface area contributed by atoms with Crippen LogP contribution in [-0.2, 0) is 5.41 Å². The van der Waals surface area contributed by atoms with Gasteiger partial charge < -0.3 is 4.42 Å².